The normalized spacial score (nSPS) is 13.6. The third-order valence-corrected chi connectivity index (χ3v) is 6.13. The number of rotatable bonds is 7. The third-order valence-electron chi connectivity index (χ3n) is 6.13. The first-order chi connectivity index (χ1) is 16.4. The highest BCUT2D eigenvalue weighted by Gasteiger charge is 2.25. The highest BCUT2D eigenvalue weighted by molar-refractivity contribution is 5.92. The van der Waals surface area contributed by atoms with Gasteiger partial charge in [0.05, 0.1) is 18.5 Å². The summed E-state index contributed by atoms with van der Waals surface area (Å²) in [5.74, 6) is 0.939. The Kier molecular flexibility index (Phi) is 7.12. The molecule has 1 aliphatic rings. The van der Waals surface area contributed by atoms with E-state index in [0.29, 0.717) is 30.2 Å². The maximum Gasteiger partial charge on any atom is 0.257 e. The van der Waals surface area contributed by atoms with E-state index in [1.165, 1.54) is 10.1 Å². The van der Waals surface area contributed by atoms with Crippen molar-refractivity contribution in [3.05, 3.63) is 87.1 Å². The molecule has 0 saturated carbocycles. The molecule has 1 aliphatic heterocycles. The van der Waals surface area contributed by atoms with Gasteiger partial charge in [0, 0.05) is 31.1 Å². The Balaban J connectivity index is 1.58. The predicted octanol–water partition coefficient (Wildman–Crippen LogP) is 3.88. The largest absolute Gasteiger partial charge is 0.495 e. The number of nitrogens with zero attached hydrogens (tertiary/aromatic N) is 3. The summed E-state index contributed by atoms with van der Waals surface area (Å²) >= 11 is 0. The Morgan fingerprint density at radius 2 is 1.94 bits per heavy atom. The standard InChI is InChI=1S/C27H32N4O3/c1-18(2)26-29-23-16-30(15-20-8-6-5-7-9-20)13-12-21(23)27(33)31(26)17-25(32)28-22-14-19(3)10-11-24(22)34-4/h5-11,14,18H,12-13,15-17H2,1-4H3,(H,28,32). The molecule has 1 N–H and O–H groups in total. The van der Waals surface area contributed by atoms with E-state index in [0.717, 1.165) is 29.9 Å². The average Bonchev–Trinajstić information content (AvgIpc) is 2.81. The van der Waals surface area contributed by atoms with Gasteiger partial charge in [-0.15, -0.1) is 0 Å². The van der Waals surface area contributed by atoms with E-state index in [2.05, 4.69) is 22.3 Å². The molecular weight excluding hydrogens is 428 g/mol. The van der Waals surface area contributed by atoms with Gasteiger partial charge in [0.1, 0.15) is 18.1 Å². The molecule has 1 aromatic heterocycles. The van der Waals surface area contributed by atoms with Crippen molar-refractivity contribution in [1.82, 2.24) is 14.5 Å². The van der Waals surface area contributed by atoms with Crippen molar-refractivity contribution in [2.24, 2.45) is 0 Å². The third kappa shape index (κ3) is 5.20. The number of hydrogen-bond acceptors (Lipinski definition) is 5. The van der Waals surface area contributed by atoms with Crippen LogP contribution in [0, 0.1) is 6.92 Å². The zero-order valence-corrected chi connectivity index (χ0v) is 20.3. The average molecular weight is 461 g/mol. The van der Waals surface area contributed by atoms with Crippen LogP contribution < -0.4 is 15.6 Å². The molecule has 7 nitrogen and oxygen atoms in total. The molecule has 2 aromatic carbocycles. The van der Waals surface area contributed by atoms with Crippen LogP contribution in [0.4, 0.5) is 5.69 Å². The molecule has 34 heavy (non-hydrogen) atoms. The summed E-state index contributed by atoms with van der Waals surface area (Å²) in [6.45, 7) is 8.10. The Labute approximate surface area is 200 Å². The number of benzene rings is 2. The molecule has 0 fully saturated rings. The SMILES string of the molecule is COc1ccc(C)cc1NC(=O)Cn1c(C(C)C)nc2c(c1=O)CCN(Cc1ccccc1)C2. The second kappa shape index (κ2) is 10.2. The molecule has 1 amide bonds. The van der Waals surface area contributed by atoms with Crippen LogP contribution in [0.25, 0.3) is 0 Å². The fourth-order valence-electron chi connectivity index (χ4n) is 4.42. The van der Waals surface area contributed by atoms with Crippen molar-refractivity contribution in [2.45, 2.75) is 52.7 Å². The lowest BCUT2D eigenvalue weighted by molar-refractivity contribution is -0.116. The fourth-order valence-corrected chi connectivity index (χ4v) is 4.42. The molecule has 3 aromatic rings. The van der Waals surface area contributed by atoms with Gasteiger partial charge in [-0.2, -0.15) is 0 Å². The summed E-state index contributed by atoms with van der Waals surface area (Å²) in [6.07, 6.45) is 0.625. The van der Waals surface area contributed by atoms with Crippen LogP contribution >= 0.6 is 0 Å². The van der Waals surface area contributed by atoms with E-state index >= 15 is 0 Å². The summed E-state index contributed by atoms with van der Waals surface area (Å²) in [5, 5.41) is 2.90. The molecule has 0 atom stereocenters. The summed E-state index contributed by atoms with van der Waals surface area (Å²) in [7, 11) is 1.57. The molecule has 0 aliphatic carbocycles. The smallest absolute Gasteiger partial charge is 0.257 e. The van der Waals surface area contributed by atoms with Gasteiger partial charge >= 0.3 is 0 Å². The Morgan fingerprint density at radius 1 is 1.18 bits per heavy atom. The van der Waals surface area contributed by atoms with Gasteiger partial charge in [0.15, 0.2) is 0 Å². The van der Waals surface area contributed by atoms with E-state index in [4.69, 9.17) is 9.72 Å². The van der Waals surface area contributed by atoms with Crippen LogP contribution in [0.1, 0.15) is 48.0 Å². The highest BCUT2D eigenvalue weighted by atomic mass is 16.5. The minimum Gasteiger partial charge on any atom is -0.495 e. The Morgan fingerprint density at radius 3 is 2.65 bits per heavy atom. The molecule has 178 valence electrons. The van der Waals surface area contributed by atoms with E-state index in [1.807, 2.05) is 57.2 Å². The van der Waals surface area contributed by atoms with Crippen molar-refractivity contribution in [3.63, 3.8) is 0 Å². The zero-order valence-electron chi connectivity index (χ0n) is 20.3. The molecule has 0 radical (unpaired) electrons. The maximum absolute atomic E-state index is 13.5. The zero-order chi connectivity index (χ0) is 24.2. The number of fused-ring (bicyclic) bond motifs is 1. The lowest BCUT2D eigenvalue weighted by Crippen LogP contribution is -2.40. The Bertz CT molecular complexity index is 1230. The second-order valence-electron chi connectivity index (χ2n) is 9.14. The number of ether oxygens (including phenoxy) is 1. The van der Waals surface area contributed by atoms with E-state index in [1.54, 1.807) is 7.11 Å². The molecule has 0 bridgehead atoms. The van der Waals surface area contributed by atoms with Gasteiger partial charge in [-0.1, -0.05) is 50.2 Å². The van der Waals surface area contributed by atoms with E-state index < -0.39 is 0 Å². The summed E-state index contributed by atoms with van der Waals surface area (Å²) in [5.41, 5.74) is 4.27. The molecular formula is C27H32N4O3. The van der Waals surface area contributed by atoms with Crippen LogP contribution in [-0.4, -0.2) is 34.0 Å². The predicted molar refractivity (Wildman–Crippen MR) is 133 cm³/mol. The molecule has 0 spiro atoms. The number of carbonyl (C=O) groups excluding carboxylic acids is 1. The van der Waals surface area contributed by atoms with Crippen LogP contribution in [0.3, 0.4) is 0 Å². The van der Waals surface area contributed by atoms with Crippen LogP contribution in [0.2, 0.25) is 0 Å². The first kappa shape index (κ1) is 23.7. The highest BCUT2D eigenvalue weighted by Crippen LogP contribution is 2.25. The number of methoxy groups -OCH3 is 1. The lowest BCUT2D eigenvalue weighted by Gasteiger charge is -2.29. The molecule has 0 saturated heterocycles. The number of anilines is 1. The summed E-state index contributed by atoms with van der Waals surface area (Å²) in [4.78, 5) is 33.6. The molecule has 2 heterocycles. The number of hydrogen-bond donors (Lipinski definition) is 1. The van der Waals surface area contributed by atoms with Gasteiger partial charge < -0.3 is 10.1 Å². The monoisotopic (exact) mass is 460 g/mol. The van der Waals surface area contributed by atoms with Gasteiger partial charge in [-0.3, -0.25) is 19.1 Å². The van der Waals surface area contributed by atoms with Gasteiger partial charge in [-0.05, 0) is 36.6 Å². The first-order valence-corrected chi connectivity index (χ1v) is 11.7. The van der Waals surface area contributed by atoms with Crippen molar-refractivity contribution >= 4 is 11.6 Å². The molecule has 0 unspecified atom stereocenters. The van der Waals surface area contributed by atoms with Crippen molar-refractivity contribution < 1.29 is 9.53 Å². The lowest BCUT2D eigenvalue weighted by atomic mass is 10.0. The Hall–Kier alpha value is -3.45. The van der Waals surface area contributed by atoms with Crippen molar-refractivity contribution in [2.75, 3.05) is 19.0 Å². The number of amides is 1. The van der Waals surface area contributed by atoms with Crippen LogP contribution in [0.5, 0.6) is 5.75 Å². The maximum atomic E-state index is 13.5. The van der Waals surface area contributed by atoms with Crippen molar-refractivity contribution in [3.8, 4) is 5.75 Å². The van der Waals surface area contributed by atoms with Crippen molar-refractivity contribution in [1.29, 1.82) is 0 Å². The fraction of sp³-hybridized carbons (Fsp3) is 0.370. The summed E-state index contributed by atoms with van der Waals surface area (Å²) in [6, 6.07) is 15.9. The molecule has 4 rings (SSSR count). The van der Waals surface area contributed by atoms with Gasteiger partial charge in [0.2, 0.25) is 5.91 Å². The quantitative estimate of drug-likeness (QED) is 0.579. The second-order valence-corrected chi connectivity index (χ2v) is 9.14. The summed E-state index contributed by atoms with van der Waals surface area (Å²) < 4.78 is 6.90. The first-order valence-electron chi connectivity index (χ1n) is 11.7. The van der Waals surface area contributed by atoms with Gasteiger partial charge in [0.25, 0.3) is 5.56 Å². The van der Waals surface area contributed by atoms with E-state index in [-0.39, 0.29) is 23.9 Å². The number of nitrogens with one attached hydrogen (secondary N) is 1. The van der Waals surface area contributed by atoms with Crippen LogP contribution in [0.15, 0.2) is 53.3 Å². The number of carbonyl (C=O) groups is 1. The minimum absolute atomic E-state index is 0.00352. The number of aryl methyl sites for hydroxylation is 1. The molecule has 7 heteroatoms. The van der Waals surface area contributed by atoms with Crippen LogP contribution in [-0.2, 0) is 30.8 Å². The minimum atomic E-state index is -0.281. The van der Waals surface area contributed by atoms with E-state index in [9.17, 15) is 9.59 Å². The van der Waals surface area contributed by atoms with Gasteiger partial charge in [-0.25, -0.2) is 4.98 Å². The topological polar surface area (TPSA) is 76.5 Å². The number of aromatic nitrogens is 2.